The second-order valence-corrected chi connectivity index (χ2v) is 4.70. The molecule has 0 bridgehead atoms. The van der Waals surface area contributed by atoms with Gasteiger partial charge in [-0.25, -0.2) is 4.79 Å². The predicted molar refractivity (Wildman–Crippen MR) is 62.7 cm³/mol. The van der Waals surface area contributed by atoms with Crippen molar-refractivity contribution >= 4 is 28.3 Å². The maximum absolute atomic E-state index is 11.5. The Morgan fingerprint density at radius 1 is 1.69 bits per heavy atom. The molecule has 0 aliphatic heterocycles. The van der Waals surface area contributed by atoms with Gasteiger partial charge in [-0.1, -0.05) is 0 Å². The number of nitrogens with zero attached hydrogens (tertiary/aromatic N) is 1. The van der Waals surface area contributed by atoms with Gasteiger partial charge in [-0.2, -0.15) is 4.37 Å². The number of nitrogens with two attached hydrogens (primary N) is 1. The summed E-state index contributed by atoms with van der Waals surface area (Å²) in [4.78, 5) is 11.5. The van der Waals surface area contributed by atoms with Crippen molar-refractivity contribution in [3.63, 3.8) is 0 Å². The summed E-state index contributed by atoms with van der Waals surface area (Å²) in [6.45, 7) is 3.51. The molecule has 0 aromatic carbocycles. The van der Waals surface area contributed by atoms with Crippen LogP contribution in [0.5, 0.6) is 0 Å². The summed E-state index contributed by atoms with van der Waals surface area (Å²) in [7, 11) is 1.28. The number of aliphatic hydroxyl groups is 1. The minimum absolute atomic E-state index is 0.0780. The molecule has 7 heteroatoms. The summed E-state index contributed by atoms with van der Waals surface area (Å²) in [6.07, 6.45) is 0. The molecule has 1 aromatic heterocycles. The average Bonchev–Trinajstić information content (AvgIpc) is 2.58. The van der Waals surface area contributed by atoms with Crippen molar-refractivity contribution in [2.24, 2.45) is 0 Å². The first-order valence-corrected chi connectivity index (χ1v) is 5.41. The Kier molecular flexibility index (Phi) is 3.71. The fourth-order valence-electron chi connectivity index (χ4n) is 1.03. The van der Waals surface area contributed by atoms with Gasteiger partial charge < -0.3 is 20.9 Å². The van der Waals surface area contributed by atoms with Crippen LogP contribution in [-0.4, -0.2) is 34.7 Å². The van der Waals surface area contributed by atoms with Gasteiger partial charge in [-0.05, 0) is 25.4 Å². The van der Waals surface area contributed by atoms with Gasteiger partial charge in [0, 0.05) is 0 Å². The van der Waals surface area contributed by atoms with Crippen LogP contribution in [0.15, 0.2) is 0 Å². The molecule has 0 aliphatic rings. The molecule has 0 amide bonds. The standard InChI is InChI=1S/C9H15N3O3S/c1-9(2,4-13)11-7-5(8(14)15-3)6(10)12-16-7/h11,13H,4H2,1-3H3,(H2,10,12). The molecule has 0 spiro atoms. The van der Waals surface area contributed by atoms with Gasteiger partial charge in [-0.3, -0.25) is 0 Å². The number of hydrogen-bond acceptors (Lipinski definition) is 7. The molecule has 6 nitrogen and oxygen atoms in total. The molecule has 16 heavy (non-hydrogen) atoms. The molecule has 0 aliphatic carbocycles. The van der Waals surface area contributed by atoms with Crippen LogP contribution in [-0.2, 0) is 4.74 Å². The molecule has 0 saturated carbocycles. The first kappa shape index (κ1) is 12.7. The fourth-order valence-corrected chi connectivity index (χ4v) is 1.92. The van der Waals surface area contributed by atoms with Crippen LogP contribution in [0.1, 0.15) is 24.2 Å². The van der Waals surface area contributed by atoms with Crippen molar-refractivity contribution in [3.05, 3.63) is 5.56 Å². The van der Waals surface area contributed by atoms with Gasteiger partial charge >= 0.3 is 5.97 Å². The van der Waals surface area contributed by atoms with Crippen LogP contribution in [0, 0.1) is 0 Å². The minimum atomic E-state index is -0.554. The van der Waals surface area contributed by atoms with Crippen molar-refractivity contribution in [3.8, 4) is 0 Å². The Bertz CT molecular complexity index is 389. The van der Waals surface area contributed by atoms with E-state index >= 15 is 0 Å². The van der Waals surface area contributed by atoms with Gasteiger partial charge in [0.1, 0.15) is 10.6 Å². The summed E-state index contributed by atoms with van der Waals surface area (Å²) in [5.41, 5.74) is 5.24. The largest absolute Gasteiger partial charge is 0.465 e. The lowest BCUT2D eigenvalue weighted by Gasteiger charge is -2.23. The number of aliphatic hydroxyl groups excluding tert-OH is 1. The Hall–Kier alpha value is -1.34. The maximum Gasteiger partial charge on any atom is 0.344 e. The summed E-state index contributed by atoms with van der Waals surface area (Å²) in [5, 5.41) is 12.6. The average molecular weight is 245 g/mol. The second kappa shape index (κ2) is 4.67. The topological polar surface area (TPSA) is 97.5 Å². The number of carbonyl (C=O) groups is 1. The van der Waals surface area contributed by atoms with E-state index in [0.717, 1.165) is 11.5 Å². The van der Waals surface area contributed by atoms with Crippen molar-refractivity contribution in [2.75, 3.05) is 24.8 Å². The van der Waals surface area contributed by atoms with Crippen LogP contribution < -0.4 is 11.1 Å². The Balaban J connectivity index is 3.02. The van der Waals surface area contributed by atoms with Crippen LogP contribution in [0.2, 0.25) is 0 Å². The Morgan fingerprint density at radius 2 is 2.31 bits per heavy atom. The quantitative estimate of drug-likeness (QED) is 0.675. The third kappa shape index (κ3) is 2.61. The van der Waals surface area contributed by atoms with E-state index in [4.69, 9.17) is 10.8 Å². The van der Waals surface area contributed by atoms with Gasteiger partial charge in [0.05, 0.1) is 19.3 Å². The van der Waals surface area contributed by atoms with Gasteiger partial charge in [0.2, 0.25) is 0 Å². The fraction of sp³-hybridized carbons (Fsp3) is 0.556. The lowest BCUT2D eigenvalue weighted by atomic mass is 10.1. The van der Waals surface area contributed by atoms with E-state index in [1.165, 1.54) is 7.11 Å². The molecule has 1 rings (SSSR count). The second-order valence-electron chi connectivity index (χ2n) is 3.93. The first-order chi connectivity index (χ1) is 7.41. The van der Waals surface area contributed by atoms with E-state index < -0.39 is 11.5 Å². The molecule has 0 saturated heterocycles. The van der Waals surface area contributed by atoms with E-state index in [-0.39, 0.29) is 18.0 Å². The first-order valence-electron chi connectivity index (χ1n) is 4.64. The predicted octanol–water partition coefficient (Wildman–Crippen LogP) is 0.695. The van der Waals surface area contributed by atoms with Gasteiger partial charge in [0.15, 0.2) is 5.82 Å². The number of carbonyl (C=O) groups excluding carboxylic acids is 1. The van der Waals surface area contributed by atoms with Crippen molar-refractivity contribution in [2.45, 2.75) is 19.4 Å². The lowest BCUT2D eigenvalue weighted by molar-refractivity contribution is 0.0603. The number of nitrogens with one attached hydrogen (secondary N) is 1. The maximum atomic E-state index is 11.5. The zero-order valence-corrected chi connectivity index (χ0v) is 10.2. The Labute approximate surface area is 97.6 Å². The highest BCUT2D eigenvalue weighted by atomic mass is 32.1. The summed E-state index contributed by atoms with van der Waals surface area (Å²) >= 11 is 1.06. The summed E-state index contributed by atoms with van der Waals surface area (Å²) in [5.74, 6) is -0.407. The zero-order valence-electron chi connectivity index (χ0n) is 9.40. The van der Waals surface area contributed by atoms with Crippen molar-refractivity contribution in [1.82, 2.24) is 4.37 Å². The number of rotatable bonds is 4. The lowest BCUT2D eigenvalue weighted by Crippen LogP contribution is -2.35. The van der Waals surface area contributed by atoms with Crippen molar-refractivity contribution in [1.29, 1.82) is 0 Å². The highest BCUT2D eigenvalue weighted by Gasteiger charge is 2.24. The molecular formula is C9H15N3O3S. The molecule has 1 aromatic rings. The molecule has 0 unspecified atom stereocenters. The van der Waals surface area contributed by atoms with Crippen LogP contribution in [0.25, 0.3) is 0 Å². The number of nitrogen functional groups attached to an aromatic ring is 1. The SMILES string of the molecule is COC(=O)c1c(N)nsc1NC(C)(C)CO. The number of anilines is 2. The molecule has 90 valence electrons. The summed E-state index contributed by atoms with van der Waals surface area (Å²) < 4.78 is 8.49. The molecule has 1 heterocycles. The van der Waals surface area contributed by atoms with Crippen LogP contribution >= 0.6 is 11.5 Å². The Morgan fingerprint density at radius 3 is 2.81 bits per heavy atom. The number of ether oxygens (including phenoxy) is 1. The van der Waals surface area contributed by atoms with Crippen molar-refractivity contribution < 1.29 is 14.6 Å². The molecule has 0 fully saturated rings. The highest BCUT2D eigenvalue weighted by molar-refractivity contribution is 7.11. The zero-order chi connectivity index (χ0) is 12.3. The number of aromatic nitrogens is 1. The van der Waals surface area contributed by atoms with E-state index in [1.54, 1.807) is 13.8 Å². The third-order valence-corrected chi connectivity index (χ3v) is 2.73. The van der Waals surface area contributed by atoms with Gasteiger partial charge in [0.25, 0.3) is 0 Å². The molecule has 0 atom stereocenters. The van der Waals surface area contributed by atoms with Gasteiger partial charge in [-0.15, -0.1) is 0 Å². The molecule has 0 radical (unpaired) electrons. The molecular weight excluding hydrogens is 230 g/mol. The highest BCUT2D eigenvalue weighted by Crippen LogP contribution is 2.29. The van der Waals surface area contributed by atoms with E-state index in [2.05, 4.69) is 14.4 Å². The third-order valence-electron chi connectivity index (χ3n) is 1.96. The monoisotopic (exact) mass is 245 g/mol. The van der Waals surface area contributed by atoms with E-state index in [0.29, 0.717) is 5.00 Å². The minimum Gasteiger partial charge on any atom is -0.465 e. The van der Waals surface area contributed by atoms with Crippen LogP contribution in [0.4, 0.5) is 10.8 Å². The number of methoxy groups -OCH3 is 1. The molecule has 4 N–H and O–H groups in total. The van der Waals surface area contributed by atoms with E-state index in [9.17, 15) is 4.79 Å². The summed E-state index contributed by atoms with van der Waals surface area (Å²) in [6, 6.07) is 0. The smallest absolute Gasteiger partial charge is 0.344 e. The number of esters is 1. The van der Waals surface area contributed by atoms with E-state index in [1.807, 2.05) is 0 Å². The number of hydrogen-bond donors (Lipinski definition) is 3. The normalized spacial score (nSPS) is 11.2. The van der Waals surface area contributed by atoms with Crippen LogP contribution in [0.3, 0.4) is 0 Å².